The normalized spacial score (nSPS) is 14.1. The Labute approximate surface area is 198 Å². The molecule has 0 unspecified atom stereocenters. The molecule has 0 spiro atoms. The van der Waals surface area contributed by atoms with Gasteiger partial charge in [-0.2, -0.15) is 0 Å². The van der Waals surface area contributed by atoms with E-state index in [1.807, 2.05) is 36.4 Å². The van der Waals surface area contributed by atoms with Crippen molar-refractivity contribution < 1.29 is 14.4 Å². The number of aromatic nitrogens is 1. The minimum atomic E-state index is -0.246. The van der Waals surface area contributed by atoms with Crippen LogP contribution in [0.3, 0.4) is 0 Å². The summed E-state index contributed by atoms with van der Waals surface area (Å²) in [6.45, 7) is 1.09. The van der Waals surface area contributed by atoms with Crippen molar-refractivity contribution in [3.8, 4) is 0 Å². The van der Waals surface area contributed by atoms with E-state index in [0.717, 1.165) is 5.56 Å². The maximum atomic E-state index is 12.7. The van der Waals surface area contributed by atoms with Crippen molar-refractivity contribution in [1.82, 2.24) is 9.88 Å². The van der Waals surface area contributed by atoms with Gasteiger partial charge in [-0.05, 0) is 60.9 Å². The molecule has 0 atom stereocenters. The molecule has 7 nitrogen and oxygen atoms in total. The van der Waals surface area contributed by atoms with Gasteiger partial charge in [-0.1, -0.05) is 30.3 Å². The number of hydrogen-bond donors (Lipinski definition) is 2. The predicted molar refractivity (Wildman–Crippen MR) is 132 cm³/mol. The molecule has 1 saturated heterocycles. The van der Waals surface area contributed by atoms with Gasteiger partial charge in [0.2, 0.25) is 11.8 Å². The van der Waals surface area contributed by atoms with E-state index in [9.17, 15) is 14.4 Å². The van der Waals surface area contributed by atoms with Crippen LogP contribution in [0.15, 0.2) is 85.2 Å². The average Bonchev–Trinajstić information content (AvgIpc) is 2.89. The van der Waals surface area contributed by atoms with Crippen molar-refractivity contribution in [2.24, 2.45) is 5.92 Å². The molecule has 0 saturated carbocycles. The zero-order valence-electron chi connectivity index (χ0n) is 18.7. The quantitative estimate of drug-likeness (QED) is 0.546. The summed E-state index contributed by atoms with van der Waals surface area (Å²) >= 11 is 0. The van der Waals surface area contributed by atoms with Gasteiger partial charge in [0.1, 0.15) is 0 Å². The molecule has 1 aromatic heterocycles. The largest absolute Gasteiger partial charge is 0.339 e. The fraction of sp³-hybridized carbons (Fsp3) is 0.185. The highest BCUT2D eigenvalue weighted by atomic mass is 16.2. The maximum Gasteiger partial charge on any atom is 0.255 e. The molecule has 1 fully saturated rings. The standard InChI is InChI=1S/C27H26N4O3/c32-25(13-8-20-5-2-1-3-6-20)31-17-14-22(15-18-31)27(34)29-23-11-9-21(10-12-23)26(33)30-24-7-4-16-28-19-24/h1-13,16,19,22H,14-15,17-18H2,(H,29,34)(H,30,33)/b13-8+. The molecule has 4 rings (SSSR count). The first kappa shape index (κ1) is 22.9. The van der Waals surface area contributed by atoms with E-state index in [1.54, 1.807) is 59.8 Å². The fourth-order valence-electron chi connectivity index (χ4n) is 3.79. The summed E-state index contributed by atoms with van der Waals surface area (Å²) in [4.78, 5) is 43.2. The fourth-order valence-corrected chi connectivity index (χ4v) is 3.79. The summed E-state index contributed by atoms with van der Waals surface area (Å²) in [5.41, 5.74) is 2.71. The number of benzene rings is 2. The molecule has 2 heterocycles. The highest BCUT2D eigenvalue weighted by Gasteiger charge is 2.26. The second-order valence-corrected chi connectivity index (χ2v) is 8.11. The molecule has 0 radical (unpaired) electrons. The predicted octanol–water partition coefficient (Wildman–Crippen LogP) is 4.22. The lowest BCUT2D eigenvalue weighted by Gasteiger charge is -2.30. The molecular weight excluding hydrogens is 428 g/mol. The molecule has 0 bridgehead atoms. The number of amides is 3. The topological polar surface area (TPSA) is 91.4 Å². The van der Waals surface area contributed by atoms with Crippen LogP contribution in [0.2, 0.25) is 0 Å². The van der Waals surface area contributed by atoms with Crippen molar-refractivity contribution in [3.63, 3.8) is 0 Å². The third-order valence-electron chi connectivity index (χ3n) is 5.73. The van der Waals surface area contributed by atoms with Crippen molar-refractivity contribution in [1.29, 1.82) is 0 Å². The van der Waals surface area contributed by atoms with Crippen LogP contribution in [0.25, 0.3) is 6.08 Å². The lowest BCUT2D eigenvalue weighted by atomic mass is 9.95. The Balaban J connectivity index is 1.25. The molecule has 1 aliphatic rings. The van der Waals surface area contributed by atoms with Crippen LogP contribution in [0.5, 0.6) is 0 Å². The van der Waals surface area contributed by atoms with Gasteiger partial charge in [-0.25, -0.2) is 0 Å². The zero-order chi connectivity index (χ0) is 23.8. The number of nitrogens with zero attached hydrogens (tertiary/aromatic N) is 2. The van der Waals surface area contributed by atoms with Crippen molar-refractivity contribution in [3.05, 3.63) is 96.3 Å². The second-order valence-electron chi connectivity index (χ2n) is 8.11. The molecule has 0 aliphatic carbocycles. The number of anilines is 2. The third kappa shape index (κ3) is 6.16. The average molecular weight is 455 g/mol. The van der Waals surface area contributed by atoms with Gasteiger partial charge in [0.25, 0.3) is 5.91 Å². The van der Waals surface area contributed by atoms with Gasteiger partial charge < -0.3 is 15.5 Å². The Morgan fingerprint density at radius 2 is 1.59 bits per heavy atom. The molecule has 1 aliphatic heterocycles. The van der Waals surface area contributed by atoms with Gasteiger partial charge in [0.05, 0.1) is 11.9 Å². The Hall–Kier alpha value is -4.26. The molecule has 7 heteroatoms. The van der Waals surface area contributed by atoms with E-state index in [1.165, 1.54) is 0 Å². The van der Waals surface area contributed by atoms with Crippen LogP contribution in [0.1, 0.15) is 28.8 Å². The van der Waals surface area contributed by atoms with Crippen LogP contribution in [0.4, 0.5) is 11.4 Å². The monoisotopic (exact) mass is 454 g/mol. The summed E-state index contributed by atoms with van der Waals surface area (Å²) < 4.78 is 0. The Bertz CT molecular complexity index is 1150. The number of pyridine rings is 1. The smallest absolute Gasteiger partial charge is 0.255 e. The van der Waals surface area contributed by atoms with Crippen LogP contribution >= 0.6 is 0 Å². The van der Waals surface area contributed by atoms with Crippen LogP contribution in [-0.2, 0) is 9.59 Å². The van der Waals surface area contributed by atoms with E-state index in [4.69, 9.17) is 0 Å². The first-order valence-corrected chi connectivity index (χ1v) is 11.2. The van der Waals surface area contributed by atoms with Gasteiger partial charge in [0, 0.05) is 42.5 Å². The third-order valence-corrected chi connectivity index (χ3v) is 5.73. The van der Waals surface area contributed by atoms with Crippen molar-refractivity contribution >= 4 is 35.2 Å². The number of nitrogens with one attached hydrogen (secondary N) is 2. The highest BCUT2D eigenvalue weighted by Crippen LogP contribution is 2.20. The number of piperidine rings is 1. The van der Waals surface area contributed by atoms with Gasteiger partial charge in [-0.3, -0.25) is 19.4 Å². The van der Waals surface area contributed by atoms with Gasteiger partial charge in [0.15, 0.2) is 0 Å². The minimum absolute atomic E-state index is 0.0390. The van der Waals surface area contributed by atoms with E-state index >= 15 is 0 Å². The molecular formula is C27H26N4O3. The zero-order valence-corrected chi connectivity index (χ0v) is 18.7. The van der Waals surface area contributed by atoms with E-state index < -0.39 is 0 Å². The first-order chi connectivity index (χ1) is 16.6. The lowest BCUT2D eigenvalue weighted by molar-refractivity contribution is -0.130. The van der Waals surface area contributed by atoms with Crippen LogP contribution < -0.4 is 10.6 Å². The minimum Gasteiger partial charge on any atom is -0.339 e. The number of hydrogen-bond acceptors (Lipinski definition) is 4. The SMILES string of the molecule is O=C(Nc1cccnc1)c1ccc(NC(=O)C2CCN(C(=O)/C=C/c3ccccc3)CC2)cc1. The van der Waals surface area contributed by atoms with Crippen molar-refractivity contribution in [2.75, 3.05) is 23.7 Å². The number of carbonyl (C=O) groups is 3. The summed E-state index contributed by atoms with van der Waals surface area (Å²) in [7, 11) is 0. The van der Waals surface area contributed by atoms with Gasteiger partial charge >= 0.3 is 0 Å². The van der Waals surface area contributed by atoms with E-state index in [0.29, 0.717) is 42.9 Å². The summed E-state index contributed by atoms with van der Waals surface area (Å²) in [6, 6.07) is 20.0. The second kappa shape index (κ2) is 11.0. The molecule has 2 aromatic carbocycles. The number of carbonyl (C=O) groups excluding carboxylic acids is 3. The summed E-state index contributed by atoms with van der Waals surface area (Å²) in [6.07, 6.45) is 7.83. The molecule has 3 amide bonds. The first-order valence-electron chi connectivity index (χ1n) is 11.2. The molecule has 34 heavy (non-hydrogen) atoms. The lowest BCUT2D eigenvalue weighted by Crippen LogP contribution is -2.40. The summed E-state index contributed by atoms with van der Waals surface area (Å²) in [5.74, 6) is -0.512. The van der Waals surface area contributed by atoms with Crippen LogP contribution in [-0.4, -0.2) is 40.7 Å². The van der Waals surface area contributed by atoms with Gasteiger partial charge in [-0.15, -0.1) is 0 Å². The molecule has 172 valence electrons. The molecule has 2 N–H and O–H groups in total. The number of likely N-dealkylation sites (tertiary alicyclic amines) is 1. The Kier molecular flexibility index (Phi) is 7.45. The maximum absolute atomic E-state index is 12.7. The summed E-state index contributed by atoms with van der Waals surface area (Å²) in [5, 5.41) is 5.70. The van der Waals surface area contributed by atoms with Crippen LogP contribution in [0, 0.1) is 5.92 Å². The van der Waals surface area contributed by atoms with E-state index in [2.05, 4.69) is 15.6 Å². The Morgan fingerprint density at radius 3 is 2.26 bits per heavy atom. The van der Waals surface area contributed by atoms with E-state index in [-0.39, 0.29) is 23.6 Å². The van der Waals surface area contributed by atoms with Crippen molar-refractivity contribution in [2.45, 2.75) is 12.8 Å². The number of rotatable bonds is 6. The molecule has 3 aromatic rings. The highest BCUT2D eigenvalue weighted by molar-refractivity contribution is 6.04. The Morgan fingerprint density at radius 1 is 0.853 bits per heavy atom.